The molecule has 246 valence electrons. The zero-order valence-electron chi connectivity index (χ0n) is 28.7. The van der Waals surface area contributed by atoms with Gasteiger partial charge in [0.2, 0.25) is 0 Å². The molecule has 0 bridgehead atoms. The van der Waals surface area contributed by atoms with Crippen molar-refractivity contribution in [1.82, 2.24) is 9.97 Å². The lowest BCUT2D eigenvalue weighted by molar-refractivity contribution is 1.25. The van der Waals surface area contributed by atoms with E-state index in [1.54, 1.807) is 0 Å². The second-order valence-corrected chi connectivity index (χ2v) is 15.5. The lowest BCUT2D eigenvalue weighted by atomic mass is 9.97. The fraction of sp³-hybridized carbons (Fsp3) is 0.0417. The Morgan fingerprint density at radius 3 is 1.17 bits per heavy atom. The monoisotopic (exact) mass is 700 g/mol. The SMILES string of the molecule is Cc1cccc2c1sc1c(-c3cccc(-c4ccnc(-c5cc(-c6cccc(-c7cccc8c7sc7c(C)cccc78)c6)ccn5)c4)c3)cccc12. The fourth-order valence-corrected chi connectivity index (χ4v) is 10.2. The minimum atomic E-state index is 0.855. The first-order chi connectivity index (χ1) is 25.6. The van der Waals surface area contributed by atoms with Gasteiger partial charge in [0.25, 0.3) is 0 Å². The molecule has 0 aliphatic rings. The Balaban J connectivity index is 0.997. The van der Waals surface area contributed by atoms with Gasteiger partial charge in [-0.2, -0.15) is 0 Å². The van der Waals surface area contributed by atoms with Crippen molar-refractivity contribution in [1.29, 1.82) is 0 Å². The van der Waals surface area contributed by atoms with Crippen molar-refractivity contribution in [2.75, 3.05) is 0 Å². The molecule has 0 radical (unpaired) electrons. The standard InChI is InChI=1S/C48H32N2S2/c1-29-9-3-17-39-41-19-7-15-37(47(41)51-45(29)39)35-13-5-11-31(25-35)33-21-23-49-43(27-33)44-28-34(22-24-50-44)32-12-6-14-36(26-32)38-16-8-20-42-40-18-4-10-30(2)46(40)52-48(38)42/h3-28H,1-2H3. The van der Waals surface area contributed by atoms with Crippen molar-refractivity contribution in [3.8, 4) is 55.9 Å². The van der Waals surface area contributed by atoms with Crippen LogP contribution in [0.3, 0.4) is 0 Å². The van der Waals surface area contributed by atoms with Crippen LogP contribution in [0.2, 0.25) is 0 Å². The molecule has 0 fully saturated rings. The molecular weight excluding hydrogens is 669 g/mol. The molecular formula is C48H32N2S2. The summed E-state index contributed by atoms with van der Waals surface area (Å²) in [5, 5.41) is 5.31. The van der Waals surface area contributed by atoms with Crippen molar-refractivity contribution in [2.24, 2.45) is 0 Å². The van der Waals surface area contributed by atoms with E-state index in [1.807, 2.05) is 35.1 Å². The quantitative estimate of drug-likeness (QED) is 0.179. The Labute approximate surface area is 310 Å². The summed E-state index contributed by atoms with van der Waals surface area (Å²) in [5.74, 6) is 0. The lowest BCUT2D eigenvalue weighted by Crippen LogP contribution is -1.90. The molecule has 0 amide bonds. The molecule has 4 heteroatoms. The van der Waals surface area contributed by atoms with E-state index in [9.17, 15) is 0 Å². The molecule has 0 aliphatic carbocycles. The first-order valence-corrected chi connectivity index (χ1v) is 19.2. The zero-order valence-corrected chi connectivity index (χ0v) is 30.4. The van der Waals surface area contributed by atoms with E-state index in [0.29, 0.717) is 0 Å². The minimum Gasteiger partial charge on any atom is -0.255 e. The average Bonchev–Trinajstić information content (AvgIpc) is 3.79. The van der Waals surface area contributed by atoms with Crippen molar-refractivity contribution in [3.63, 3.8) is 0 Å². The van der Waals surface area contributed by atoms with E-state index in [1.165, 1.54) is 73.7 Å². The zero-order chi connectivity index (χ0) is 34.8. The maximum atomic E-state index is 4.79. The molecule has 0 aliphatic heterocycles. The first kappa shape index (κ1) is 30.8. The number of fused-ring (bicyclic) bond motifs is 6. The Morgan fingerprint density at radius 2 is 0.712 bits per heavy atom. The van der Waals surface area contributed by atoms with Crippen molar-refractivity contribution < 1.29 is 0 Å². The lowest BCUT2D eigenvalue weighted by Gasteiger charge is -2.10. The molecule has 0 saturated heterocycles. The minimum absolute atomic E-state index is 0.855. The molecule has 0 N–H and O–H groups in total. The van der Waals surface area contributed by atoms with Crippen molar-refractivity contribution in [3.05, 3.63) is 169 Å². The summed E-state index contributed by atoms with van der Waals surface area (Å²) in [6.45, 7) is 4.41. The number of pyridine rings is 2. The van der Waals surface area contributed by atoms with Gasteiger partial charge in [-0.15, -0.1) is 22.7 Å². The summed E-state index contributed by atoms with van der Waals surface area (Å²) in [7, 11) is 0. The molecule has 10 rings (SSSR count). The molecule has 0 spiro atoms. The van der Waals surface area contributed by atoms with Crippen molar-refractivity contribution in [2.45, 2.75) is 13.8 Å². The average molecular weight is 701 g/mol. The largest absolute Gasteiger partial charge is 0.255 e. The predicted molar refractivity (Wildman–Crippen MR) is 224 cm³/mol. The van der Waals surface area contributed by atoms with Crippen LogP contribution in [-0.2, 0) is 0 Å². The molecule has 52 heavy (non-hydrogen) atoms. The van der Waals surface area contributed by atoms with Gasteiger partial charge in [0.1, 0.15) is 0 Å². The normalized spacial score (nSPS) is 11.7. The number of aryl methyl sites for hydroxylation is 2. The third kappa shape index (κ3) is 5.14. The maximum Gasteiger partial charge on any atom is 0.0892 e. The van der Waals surface area contributed by atoms with Crippen LogP contribution >= 0.6 is 22.7 Å². The number of benzene rings is 6. The van der Waals surface area contributed by atoms with Crippen LogP contribution in [0.15, 0.2) is 158 Å². The number of rotatable bonds is 5. The smallest absolute Gasteiger partial charge is 0.0892 e. The highest BCUT2D eigenvalue weighted by Crippen LogP contribution is 2.43. The molecule has 0 saturated carbocycles. The molecule has 0 unspecified atom stereocenters. The van der Waals surface area contributed by atoms with Gasteiger partial charge < -0.3 is 0 Å². The van der Waals surface area contributed by atoms with Gasteiger partial charge >= 0.3 is 0 Å². The number of nitrogens with zero attached hydrogens (tertiary/aromatic N) is 2. The van der Waals surface area contributed by atoms with E-state index < -0.39 is 0 Å². The highest BCUT2D eigenvalue weighted by atomic mass is 32.1. The number of hydrogen-bond donors (Lipinski definition) is 0. The summed E-state index contributed by atoms with van der Waals surface area (Å²) in [6, 6.07) is 52.8. The predicted octanol–water partition coefficient (Wildman–Crippen LogP) is 14.2. The second kappa shape index (κ2) is 12.4. The number of aromatic nitrogens is 2. The van der Waals surface area contributed by atoms with Gasteiger partial charge in [-0.1, -0.05) is 109 Å². The summed E-state index contributed by atoms with van der Waals surface area (Å²) in [6.07, 6.45) is 3.80. The van der Waals surface area contributed by atoms with Gasteiger partial charge in [-0.25, -0.2) is 0 Å². The van der Waals surface area contributed by atoms with Crippen LogP contribution in [0.4, 0.5) is 0 Å². The third-order valence-electron chi connectivity index (χ3n) is 10.2. The van der Waals surface area contributed by atoms with E-state index in [-0.39, 0.29) is 0 Å². The molecule has 4 aromatic heterocycles. The second-order valence-electron chi connectivity index (χ2n) is 13.5. The van der Waals surface area contributed by atoms with Crippen LogP contribution < -0.4 is 0 Å². The Morgan fingerprint density at radius 1 is 0.346 bits per heavy atom. The molecule has 6 aromatic carbocycles. The van der Waals surface area contributed by atoms with Crippen LogP contribution in [0.1, 0.15) is 11.1 Å². The number of thiophene rings is 2. The van der Waals surface area contributed by atoms with E-state index >= 15 is 0 Å². The van der Waals surface area contributed by atoms with Crippen LogP contribution in [-0.4, -0.2) is 9.97 Å². The third-order valence-corrected chi connectivity index (χ3v) is 13.0. The summed E-state index contributed by atoms with van der Waals surface area (Å²) < 4.78 is 5.40. The van der Waals surface area contributed by atoms with Gasteiger partial charge in [0, 0.05) is 52.7 Å². The Bertz CT molecular complexity index is 2800. The Hall–Kier alpha value is -5.94. The topological polar surface area (TPSA) is 25.8 Å². The molecule has 0 atom stereocenters. The fourth-order valence-electron chi connectivity index (χ4n) is 7.61. The highest BCUT2D eigenvalue weighted by Gasteiger charge is 2.15. The van der Waals surface area contributed by atoms with Gasteiger partial charge in [0.05, 0.1) is 11.4 Å². The van der Waals surface area contributed by atoms with Crippen LogP contribution in [0, 0.1) is 13.8 Å². The Kier molecular flexibility index (Phi) is 7.34. The summed E-state index contributed by atoms with van der Waals surface area (Å²) in [5.41, 5.74) is 13.9. The highest BCUT2D eigenvalue weighted by molar-refractivity contribution is 7.27. The molecule has 10 aromatic rings. The van der Waals surface area contributed by atoms with Crippen LogP contribution in [0.5, 0.6) is 0 Å². The first-order valence-electron chi connectivity index (χ1n) is 17.5. The van der Waals surface area contributed by atoms with Gasteiger partial charge in [-0.05, 0) is 106 Å². The van der Waals surface area contributed by atoms with Crippen LogP contribution in [0.25, 0.3) is 96.2 Å². The van der Waals surface area contributed by atoms with Gasteiger partial charge in [0.15, 0.2) is 0 Å². The van der Waals surface area contributed by atoms with Gasteiger partial charge in [-0.3, -0.25) is 9.97 Å². The summed E-state index contributed by atoms with van der Waals surface area (Å²) in [4.78, 5) is 9.58. The number of hydrogen-bond acceptors (Lipinski definition) is 4. The maximum absolute atomic E-state index is 4.79. The van der Waals surface area contributed by atoms with E-state index in [4.69, 9.17) is 9.97 Å². The van der Waals surface area contributed by atoms with Crippen molar-refractivity contribution >= 4 is 63.0 Å². The van der Waals surface area contributed by atoms with E-state index in [0.717, 1.165) is 33.6 Å². The van der Waals surface area contributed by atoms with E-state index in [2.05, 4.69) is 159 Å². The summed E-state index contributed by atoms with van der Waals surface area (Å²) >= 11 is 3.79. The molecule has 4 heterocycles. The molecule has 2 nitrogen and oxygen atoms in total.